The van der Waals surface area contributed by atoms with E-state index in [1.165, 1.54) is 18.6 Å². The third kappa shape index (κ3) is 5.19. The number of rotatable bonds is 7. The van der Waals surface area contributed by atoms with Gasteiger partial charge in [-0.25, -0.2) is 12.8 Å². The van der Waals surface area contributed by atoms with E-state index in [2.05, 4.69) is 5.32 Å². The van der Waals surface area contributed by atoms with E-state index in [0.29, 0.717) is 17.9 Å². The Morgan fingerprint density at radius 2 is 1.64 bits per heavy atom. The number of halogens is 1. The normalized spacial score (nSPS) is 16.5. The maximum Gasteiger partial charge on any atom is 0.220 e. The maximum absolute atomic E-state index is 13.2. The molecule has 150 valence electrons. The molecule has 1 saturated carbocycles. The van der Waals surface area contributed by atoms with E-state index in [0.717, 1.165) is 37.8 Å². The molecule has 0 heterocycles. The summed E-state index contributed by atoms with van der Waals surface area (Å²) in [6.45, 7) is -0.00469. The van der Waals surface area contributed by atoms with Gasteiger partial charge in [-0.3, -0.25) is 4.79 Å². The van der Waals surface area contributed by atoms with Crippen LogP contribution in [0.1, 0.15) is 49.3 Å². The molecule has 1 aliphatic rings. The standard InChI is InChI=1S/C22H26FNO3S/c23-19-11-13-20(14-12-19)28(26,27)21(18-9-5-2-6-10-18)16-24-22(25)15-17-7-3-1-4-8-17/h2,5-6,9-14,17,21H,1,3-4,7-8,15-16H2,(H,24,25). The summed E-state index contributed by atoms with van der Waals surface area (Å²) < 4.78 is 39.6. The van der Waals surface area contributed by atoms with Crippen molar-refractivity contribution in [3.8, 4) is 0 Å². The zero-order valence-corrected chi connectivity index (χ0v) is 16.6. The van der Waals surface area contributed by atoms with Gasteiger partial charge in [-0.1, -0.05) is 49.6 Å². The largest absolute Gasteiger partial charge is 0.354 e. The lowest BCUT2D eigenvalue weighted by molar-refractivity contribution is -0.122. The van der Waals surface area contributed by atoms with Crippen LogP contribution >= 0.6 is 0 Å². The fraction of sp³-hybridized carbons (Fsp3) is 0.409. The molecule has 0 bridgehead atoms. The van der Waals surface area contributed by atoms with Crippen LogP contribution in [0.4, 0.5) is 4.39 Å². The average Bonchev–Trinajstić information content (AvgIpc) is 2.70. The summed E-state index contributed by atoms with van der Waals surface area (Å²) in [5.74, 6) is -0.212. The number of hydrogen-bond donors (Lipinski definition) is 1. The van der Waals surface area contributed by atoms with Crippen molar-refractivity contribution in [2.75, 3.05) is 6.54 Å². The molecule has 1 aliphatic carbocycles. The first kappa shape index (κ1) is 20.5. The summed E-state index contributed by atoms with van der Waals surface area (Å²) in [4.78, 5) is 12.4. The van der Waals surface area contributed by atoms with Gasteiger partial charge in [0.05, 0.1) is 4.90 Å². The van der Waals surface area contributed by atoms with Gasteiger partial charge in [0.25, 0.3) is 0 Å². The van der Waals surface area contributed by atoms with E-state index in [4.69, 9.17) is 0 Å². The van der Waals surface area contributed by atoms with Crippen LogP contribution in [0.25, 0.3) is 0 Å². The second kappa shape index (κ2) is 9.32. The smallest absolute Gasteiger partial charge is 0.220 e. The van der Waals surface area contributed by atoms with E-state index in [1.807, 2.05) is 6.07 Å². The number of benzene rings is 2. The third-order valence-electron chi connectivity index (χ3n) is 5.37. The van der Waals surface area contributed by atoms with Crippen LogP contribution in [0.5, 0.6) is 0 Å². The monoisotopic (exact) mass is 403 g/mol. The van der Waals surface area contributed by atoms with Gasteiger partial charge in [0.15, 0.2) is 9.84 Å². The van der Waals surface area contributed by atoms with Crippen molar-refractivity contribution in [3.63, 3.8) is 0 Å². The van der Waals surface area contributed by atoms with Crippen molar-refractivity contribution in [1.29, 1.82) is 0 Å². The lowest BCUT2D eigenvalue weighted by Crippen LogP contribution is -2.33. The van der Waals surface area contributed by atoms with Crippen molar-refractivity contribution in [2.45, 2.75) is 48.7 Å². The molecule has 1 atom stereocenters. The molecular formula is C22H26FNO3S. The summed E-state index contributed by atoms with van der Waals surface area (Å²) in [5.41, 5.74) is 0.602. The number of amides is 1. The first-order valence-electron chi connectivity index (χ1n) is 9.78. The van der Waals surface area contributed by atoms with Crippen LogP contribution in [0.2, 0.25) is 0 Å². The van der Waals surface area contributed by atoms with Crippen molar-refractivity contribution in [1.82, 2.24) is 5.32 Å². The molecule has 0 aliphatic heterocycles. The summed E-state index contributed by atoms with van der Waals surface area (Å²) in [6.07, 6.45) is 6.10. The highest BCUT2D eigenvalue weighted by Gasteiger charge is 2.30. The second-order valence-corrected chi connectivity index (χ2v) is 9.54. The molecule has 2 aromatic rings. The molecular weight excluding hydrogens is 377 g/mol. The molecule has 0 saturated heterocycles. The minimum atomic E-state index is -3.78. The Labute approximate surface area is 166 Å². The SMILES string of the molecule is O=C(CC1CCCCC1)NCC(c1ccccc1)S(=O)(=O)c1ccc(F)cc1. The molecule has 0 spiro atoms. The van der Waals surface area contributed by atoms with Gasteiger partial charge in [-0.05, 0) is 48.6 Å². The van der Waals surface area contributed by atoms with Crippen molar-refractivity contribution in [2.24, 2.45) is 5.92 Å². The van der Waals surface area contributed by atoms with Gasteiger partial charge in [-0.15, -0.1) is 0 Å². The number of sulfone groups is 1. The number of nitrogens with one attached hydrogen (secondary N) is 1. The van der Waals surface area contributed by atoms with Gasteiger partial charge < -0.3 is 5.32 Å². The van der Waals surface area contributed by atoms with Crippen LogP contribution in [0.15, 0.2) is 59.5 Å². The number of carbonyl (C=O) groups is 1. The van der Waals surface area contributed by atoms with Crippen molar-refractivity contribution >= 4 is 15.7 Å². The summed E-state index contributed by atoms with van der Waals surface area (Å²) in [6, 6.07) is 13.6. The zero-order valence-electron chi connectivity index (χ0n) is 15.8. The first-order chi connectivity index (χ1) is 13.5. The molecule has 1 fully saturated rings. The Morgan fingerprint density at radius 1 is 1.00 bits per heavy atom. The predicted molar refractivity (Wildman–Crippen MR) is 107 cm³/mol. The minimum Gasteiger partial charge on any atom is -0.354 e. The molecule has 3 rings (SSSR count). The minimum absolute atomic E-state index is 0.00469. The fourth-order valence-corrected chi connectivity index (χ4v) is 5.46. The number of hydrogen-bond acceptors (Lipinski definition) is 3. The quantitative estimate of drug-likeness (QED) is 0.696. The molecule has 1 N–H and O–H groups in total. The van der Waals surface area contributed by atoms with Gasteiger partial charge in [0.2, 0.25) is 5.91 Å². The van der Waals surface area contributed by atoms with E-state index < -0.39 is 20.9 Å². The molecule has 0 radical (unpaired) electrons. The maximum atomic E-state index is 13.2. The van der Waals surface area contributed by atoms with Crippen molar-refractivity contribution < 1.29 is 17.6 Å². The van der Waals surface area contributed by atoms with E-state index in [9.17, 15) is 17.6 Å². The second-order valence-electron chi connectivity index (χ2n) is 7.41. The lowest BCUT2D eigenvalue weighted by atomic mass is 9.87. The predicted octanol–water partition coefficient (Wildman–Crippen LogP) is 4.43. The molecule has 28 heavy (non-hydrogen) atoms. The van der Waals surface area contributed by atoms with Crippen LogP contribution in [0.3, 0.4) is 0 Å². The number of carbonyl (C=O) groups excluding carboxylic acids is 1. The Balaban J connectivity index is 1.76. The Morgan fingerprint density at radius 3 is 2.29 bits per heavy atom. The van der Waals surface area contributed by atoms with Gasteiger partial charge >= 0.3 is 0 Å². The van der Waals surface area contributed by atoms with Gasteiger partial charge in [-0.2, -0.15) is 0 Å². The average molecular weight is 404 g/mol. The molecule has 2 aromatic carbocycles. The molecule has 4 nitrogen and oxygen atoms in total. The van der Waals surface area contributed by atoms with Gasteiger partial charge in [0.1, 0.15) is 11.1 Å². The van der Waals surface area contributed by atoms with Crippen LogP contribution in [0, 0.1) is 11.7 Å². The summed E-state index contributed by atoms with van der Waals surface area (Å²) in [5, 5.41) is 1.90. The van der Waals surface area contributed by atoms with E-state index in [1.54, 1.807) is 24.3 Å². The molecule has 1 amide bonds. The summed E-state index contributed by atoms with van der Waals surface area (Å²) in [7, 11) is -3.78. The zero-order chi connectivity index (χ0) is 20.0. The van der Waals surface area contributed by atoms with Crippen LogP contribution < -0.4 is 5.32 Å². The summed E-state index contributed by atoms with van der Waals surface area (Å²) >= 11 is 0. The Bertz CT molecular complexity index is 876. The lowest BCUT2D eigenvalue weighted by Gasteiger charge is -2.22. The van der Waals surface area contributed by atoms with Crippen LogP contribution in [-0.4, -0.2) is 20.9 Å². The fourth-order valence-electron chi connectivity index (χ4n) is 3.80. The Kier molecular flexibility index (Phi) is 6.83. The highest BCUT2D eigenvalue weighted by molar-refractivity contribution is 7.91. The highest BCUT2D eigenvalue weighted by atomic mass is 32.2. The third-order valence-corrected chi connectivity index (χ3v) is 7.49. The van der Waals surface area contributed by atoms with Gasteiger partial charge in [0, 0.05) is 13.0 Å². The molecule has 0 aromatic heterocycles. The topological polar surface area (TPSA) is 63.2 Å². The van der Waals surface area contributed by atoms with E-state index in [-0.39, 0.29) is 17.3 Å². The highest BCUT2D eigenvalue weighted by Crippen LogP contribution is 2.29. The van der Waals surface area contributed by atoms with E-state index >= 15 is 0 Å². The molecule has 1 unspecified atom stereocenters. The Hall–Kier alpha value is -2.21. The first-order valence-corrected chi connectivity index (χ1v) is 11.3. The van der Waals surface area contributed by atoms with Crippen LogP contribution in [-0.2, 0) is 14.6 Å². The molecule has 6 heteroatoms. The van der Waals surface area contributed by atoms with Crippen molar-refractivity contribution in [3.05, 3.63) is 66.0 Å².